The minimum Gasteiger partial charge on any atom is -0.384 e. The van der Waals surface area contributed by atoms with E-state index in [0.717, 1.165) is 17.5 Å². The summed E-state index contributed by atoms with van der Waals surface area (Å²) in [6.45, 7) is 7.41. The lowest BCUT2D eigenvalue weighted by molar-refractivity contribution is 0.0465. The zero-order chi connectivity index (χ0) is 16.3. The molecule has 23 heavy (non-hydrogen) atoms. The lowest BCUT2D eigenvalue weighted by Gasteiger charge is -2.41. The first-order valence-corrected chi connectivity index (χ1v) is 10.2. The number of likely N-dealkylation sites (tertiary alicyclic amines) is 1. The summed E-state index contributed by atoms with van der Waals surface area (Å²) in [5.74, 6) is 0.908. The standard InChI is InChI=1S/C19H32N2OS/c1-15-4-3-5-18(12-15)21-9-6-17(7-10-21)20-14-19(2,22)16-8-11-23-13-16/h8,11,13,15,17-18,20,22H,3-7,9-10,12,14H2,1-2H3. The van der Waals surface area contributed by atoms with Crippen LogP contribution in [0.15, 0.2) is 16.8 Å². The van der Waals surface area contributed by atoms with Crippen molar-refractivity contribution in [2.24, 2.45) is 5.92 Å². The van der Waals surface area contributed by atoms with Crippen molar-refractivity contribution >= 4 is 11.3 Å². The number of hydrogen-bond acceptors (Lipinski definition) is 4. The van der Waals surface area contributed by atoms with Crippen LogP contribution >= 0.6 is 11.3 Å². The van der Waals surface area contributed by atoms with E-state index >= 15 is 0 Å². The largest absolute Gasteiger partial charge is 0.384 e. The van der Waals surface area contributed by atoms with Crippen LogP contribution in [-0.4, -0.2) is 41.7 Å². The highest BCUT2D eigenvalue weighted by molar-refractivity contribution is 7.08. The maximum absolute atomic E-state index is 10.6. The first-order valence-electron chi connectivity index (χ1n) is 9.27. The van der Waals surface area contributed by atoms with Crippen molar-refractivity contribution in [3.8, 4) is 0 Å². The first kappa shape index (κ1) is 17.4. The van der Waals surface area contributed by atoms with Crippen LogP contribution in [0.4, 0.5) is 0 Å². The second-order valence-corrected chi connectivity index (χ2v) is 8.68. The molecule has 1 aliphatic carbocycles. The highest BCUT2D eigenvalue weighted by Crippen LogP contribution is 2.29. The van der Waals surface area contributed by atoms with Gasteiger partial charge in [0.2, 0.25) is 0 Å². The van der Waals surface area contributed by atoms with Gasteiger partial charge in [0, 0.05) is 18.6 Å². The van der Waals surface area contributed by atoms with Crippen molar-refractivity contribution in [3.05, 3.63) is 22.4 Å². The molecule has 130 valence electrons. The normalized spacial score (nSPS) is 30.2. The second kappa shape index (κ2) is 7.64. The van der Waals surface area contributed by atoms with E-state index in [-0.39, 0.29) is 0 Å². The number of piperidine rings is 1. The van der Waals surface area contributed by atoms with Gasteiger partial charge in [-0.15, -0.1) is 0 Å². The highest BCUT2D eigenvalue weighted by Gasteiger charge is 2.30. The summed E-state index contributed by atoms with van der Waals surface area (Å²) in [6, 6.07) is 3.41. The fraction of sp³-hybridized carbons (Fsp3) is 0.789. The monoisotopic (exact) mass is 336 g/mol. The van der Waals surface area contributed by atoms with Gasteiger partial charge < -0.3 is 15.3 Å². The molecule has 2 fully saturated rings. The zero-order valence-corrected chi connectivity index (χ0v) is 15.4. The van der Waals surface area contributed by atoms with E-state index < -0.39 is 5.60 Å². The zero-order valence-electron chi connectivity index (χ0n) is 14.6. The predicted molar refractivity (Wildman–Crippen MR) is 97.9 cm³/mol. The number of aliphatic hydroxyl groups is 1. The van der Waals surface area contributed by atoms with Crippen LogP contribution in [0.2, 0.25) is 0 Å². The van der Waals surface area contributed by atoms with Gasteiger partial charge in [0.15, 0.2) is 0 Å². The molecule has 0 bridgehead atoms. The van der Waals surface area contributed by atoms with Crippen molar-refractivity contribution < 1.29 is 5.11 Å². The molecule has 2 aliphatic rings. The smallest absolute Gasteiger partial charge is 0.1000 e. The van der Waals surface area contributed by atoms with Crippen molar-refractivity contribution in [1.82, 2.24) is 10.2 Å². The van der Waals surface area contributed by atoms with E-state index in [1.165, 1.54) is 51.6 Å². The highest BCUT2D eigenvalue weighted by atomic mass is 32.1. The van der Waals surface area contributed by atoms with E-state index in [1.54, 1.807) is 11.3 Å². The van der Waals surface area contributed by atoms with Crippen molar-refractivity contribution in [2.75, 3.05) is 19.6 Å². The average molecular weight is 337 g/mol. The Morgan fingerprint density at radius 1 is 1.30 bits per heavy atom. The summed E-state index contributed by atoms with van der Waals surface area (Å²) in [5.41, 5.74) is 0.277. The lowest BCUT2D eigenvalue weighted by Crippen LogP contribution is -2.49. The predicted octanol–water partition coefficient (Wildman–Crippen LogP) is 3.59. The van der Waals surface area contributed by atoms with Crippen molar-refractivity contribution in [1.29, 1.82) is 0 Å². The molecule has 0 amide bonds. The number of thiophene rings is 1. The molecular weight excluding hydrogens is 304 g/mol. The van der Waals surface area contributed by atoms with Crippen LogP contribution in [0.3, 0.4) is 0 Å². The molecule has 4 heteroatoms. The lowest BCUT2D eigenvalue weighted by atomic mass is 9.85. The van der Waals surface area contributed by atoms with Gasteiger partial charge in [-0.2, -0.15) is 11.3 Å². The van der Waals surface area contributed by atoms with E-state index in [2.05, 4.69) is 22.5 Å². The Bertz CT molecular complexity index is 466. The molecule has 3 rings (SSSR count). The van der Waals surface area contributed by atoms with E-state index in [0.29, 0.717) is 12.6 Å². The van der Waals surface area contributed by atoms with E-state index in [9.17, 15) is 5.11 Å². The van der Waals surface area contributed by atoms with Gasteiger partial charge in [-0.25, -0.2) is 0 Å². The van der Waals surface area contributed by atoms with Gasteiger partial charge in [-0.05, 0) is 74.0 Å². The number of nitrogens with zero attached hydrogens (tertiary/aromatic N) is 1. The van der Waals surface area contributed by atoms with Gasteiger partial charge in [0.1, 0.15) is 0 Å². The fourth-order valence-electron chi connectivity index (χ4n) is 4.22. The van der Waals surface area contributed by atoms with Crippen LogP contribution in [0.25, 0.3) is 0 Å². The van der Waals surface area contributed by atoms with Gasteiger partial charge in [-0.3, -0.25) is 0 Å². The SMILES string of the molecule is CC1CCCC(N2CCC(NCC(C)(O)c3ccsc3)CC2)C1. The summed E-state index contributed by atoms with van der Waals surface area (Å²) < 4.78 is 0. The quantitative estimate of drug-likeness (QED) is 0.862. The molecule has 3 nitrogen and oxygen atoms in total. The molecular formula is C19H32N2OS. The Morgan fingerprint density at radius 2 is 2.09 bits per heavy atom. The summed E-state index contributed by atoms with van der Waals surface area (Å²) >= 11 is 1.65. The summed E-state index contributed by atoms with van der Waals surface area (Å²) in [6.07, 6.45) is 8.05. The Morgan fingerprint density at radius 3 is 2.74 bits per heavy atom. The molecule has 0 radical (unpaired) electrons. The molecule has 1 aromatic heterocycles. The molecule has 0 aromatic carbocycles. The Kier molecular flexibility index (Phi) is 5.78. The summed E-state index contributed by atoms with van der Waals surface area (Å²) in [7, 11) is 0. The van der Waals surface area contributed by atoms with Crippen LogP contribution < -0.4 is 5.32 Å². The molecule has 1 saturated carbocycles. The third kappa shape index (κ3) is 4.56. The van der Waals surface area contributed by atoms with Crippen LogP contribution in [0.1, 0.15) is 57.9 Å². The maximum Gasteiger partial charge on any atom is 0.1000 e. The molecule has 1 saturated heterocycles. The molecule has 0 spiro atoms. The number of hydrogen-bond donors (Lipinski definition) is 2. The van der Waals surface area contributed by atoms with Crippen molar-refractivity contribution in [2.45, 2.75) is 70.1 Å². The summed E-state index contributed by atoms with van der Waals surface area (Å²) in [4.78, 5) is 2.73. The van der Waals surface area contributed by atoms with E-state index in [4.69, 9.17) is 0 Å². The van der Waals surface area contributed by atoms with Crippen molar-refractivity contribution in [3.63, 3.8) is 0 Å². The molecule has 1 aromatic rings. The molecule has 2 heterocycles. The average Bonchev–Trinajstić information content (AvgIpc) is 3.09. The molecule has 1 aliphatic heterocycles. The first-order chi connectivity index (χ1) is 11.0. The molecule has 3 atom stereocenters. The number of rotatable bonds is 5. The molecule has 3 unspecified atom stereocenters. The summed E-state index contributed by atoms with van der Waals surface area (Å²) in [5, 5.41) is 18.3. The minimum atomic E-state index is -0.754. The fourth-order valence-corrected chi connectivity index (χ4v) is 5.00. The Balaban J connectivity index is 1.42. The van der Waals surface area contributed by atoms with Crippen LogP contribution in [-0.2, 0) is 5.60 Å². The van der Waals surface area contributed by atoms with Gasteiger partial charge in [0.25, 0.3) is 0 Å². The molecule has 2 N–H and O–H groups in total. The Labute approximate surface area is 145 Å². The third-order valence-electron chi connectivity index (χ3n) is 5.83. The van der Waals surface area contributed by atoms with Gasteiger partial charge in [-0.1, -0.05) is 19.8 Å². The number of nitrogens with one attached hydrogen (secondary N) is 1. The second-order valence-electron chi connectivity index (χ2n) is 7.90. The third-order valence-corrected chi connectivity index (χ3v) is 6.52. The van der Waals surface area contributed by atoms with Gasteiger partial charge in [0.05, 0.1) is 5.60 Å². The van der Waals surface area contributed by atoms with E-state index in [1.807, 2.05) is 18.4 Å². The Hall–Kier alpha value is -0.420. The topological polar surface area (TPSA) is 35.5 Å². The minimum absolute atomic E-state index is 0.553. The van der Waals surface area contributed by atoms with Gasteiger partial charge >= 0.3 is 0 Å². The van der Waals surface area contributed by atoms with Crippen LogP contribution in [0.5, 0.6) is 0 Å². The maximum atomic E-state index is 10.6. The van der Waals surface area contributed by atoms with Crippen LogP contribution in [0, 0.1) is 5.92 Å².